The first-order valence-corrected chi connectivity index (χ1v) is 5.81. The SMILES string of the molecule is CN1CCCc2c(-c3cnoc3N)cccc21. The van der Waals surface area contributed by atoms with E-state index >= 15 is 0 Å². The summed E-state index contributed by atoms with van der Waals surface area (Å²) in [5.74, 6) is 0.395. The molecule has 0 bridgehead atoms. The van der Waals surface area contributed by atoms with E-state index in [1.54, 1.807) is 6.20 Å². The number of fused-ring (bicyclic) bond motifs is 1. The Morgan fingerprint density at radius 2 is 2.24 bits per heavy atom. The fourth-order valence-electron chi connectivity index (χ4n) is 2.51. The van der Waals surface area contributed by atoms with E-state index in [1.807, 2.05) is 0 Å². The second kappa shape index (κ2) is 3.80. The first-order valence-electron chi connectivity index (χ1n) is 5.81. The highest BCUT2D eigenvalue weighted by molar-refractivity contribution is 5.79. The molecule has 0 amide bonds. The molecule has 0 saturated carbocycles. The van der Waals surface area contributed by atoms with Crippen molar-refractivity contribution in [2.24, 2.45) is 0 Å². The number of hydrogen-bond acceptors (Lipinski definition) is 4. The second-order valence-electron chi connectivity index (χ2n) is 4.43. The van der Waals surface area contributed by atoms with Crippen LogP contribution in [0.15, 0.2) is 28.9 Å². The zero-order valence-electron chi connectivity index (χ0n) is 9.81. The number of rotatable bonds is 1. The predicted molar refractivity (Wildman–Crippen MR) is 67.9 cm³/mol. The number of nitrogens with two attached hydrogens (primary N) is 1. The number of aromatic nitrogens is 1. The smallest absolute Gasteiger partial charge is 0.229 e. The molecular formula is C13H15N3O. The van der Waals surface area contributed by atoms with E-state index in [0.29, 0.717) is 5.88 Å². The first-order chi connectivity index (χ1) is 8.27. The summed E-state index contributed by atoms with van der Waals surface area (Å²) in [6.45, 7) is 1.11. The summed E-state index contributed by atoms with van der Waals surface area (Å²) in [6, 6.07) is 6.30. The third-order valence-corrected chi connectivity index (χ3v) is 3.37. The Hall–Kier alpha value is -1.97. The van der Waals surface area contributed by atoms with Gasteiger partial charge in [-0.05, 0) is 30.0 Å². The molecule has 0 saturated heterocycles. The molecule has 0 aliphatic carbocycles. The van der Waals surface area contributed by atoms with Gasteiger partial charge in [-0.2, -0.15) is 0 Å². The van der Waals surface area contributed by atoms with Gasteiger partial charge in [0.15, 0.2) is 0 Å². The van der Waals surface area contributed by atoms with Gasteiger partial charge in [0.25, 0.3) is 0 Å². The highest BCUT2D eigenvalue weighted by Gasteiger charge is 2.19. The molecule has 17 heavy (non-hydrogen) atoms. The fraction of sp³-hybridized carbons (Fsp3) is 0.308. The molecule has 1 aromatic heterocycles. The van der Waals surface area contributed by atoms with Crippen LogP contribution in [0.4, 0.5) is 11.6 Å². The molecule has 4 nitrogen and oxygen atoms in total. The molecule has 2 N–H and O–H groups in total. The number of hydrogen-bond donors (Lipinski definition) is 1. The molecule has 3 rings (SSSR count). The van der Waals surface area contributed by atoms with Gasteiger partial charge in [0.2, 0.25) is 5.88 Å². The lowest BCUT2D eigenvalue weighted by atomic mass is 9.93. The highest BCUT2D eigenvalue weighted by atomic mass is 16.5. The quantitative estimate of drug-likeness (QED) is 0.815. The van der Waals surface area contributed by atoms with Crippen molar-refractivity contribution >= 4 is 11.6 Å². The average Bonchev–Trinajstić information content (AvgIpc) is 2.75. The Labute approximate surface area is 100 Å². The fourth-order valence-corrected chi connectivity index (χ4v) is 2.51. The Morgan fingerprint density at radius 1 is 1.35 bits per heavy atom. The van der Waals surface area contributed by atoms with Crippen LogP contribution in [0.25, 0.3) is 11.1 Å². The molecule has 0 fully saturated rings. The van der Waals surface area contributed by atoms with Gasteiger partial charge in [-0.25, -0.2) is 0 Å². The van der Waals surface area contributed by atoms with Gasteiger partial charge in [-0.1, -0.05) is 17.3 Å². The minimum atomic E-state index is 0.395. The van der Waals surface area contributed by atoms with E-state index in [2.05, 4.69) is 35.3 Å². The van der Waals surface area contributed by atoms with Crippen molar-refractivity contribution in [3.63, 3.8) is 0 Å². The Morgan fingerprint density at radius 3 is 3.00 bits per heavy atom. The third kappa shape index (κ3) is 1.56. The summed E-state index contributed by atoms with van der Waals surface area (Å²) in [5.41, 5.74) is 10.5. The summed E-state index contributed by atoms with van der Waals surface area (Å²) < 4.78 is 4.95. The molecule has 4 heteroatoms. The van der Waals surface area contributed by atoms with Crippen molar-refractivity contribution in [2.75, 3.05) is 24.2 Å². The third-order valence-electron chi connectivity index (χ3n) is 3.37. The van der Waals surface area contributed by atoms with Crippen LogP contribution in [-0.4, -0.2) is 18.7 Å². The van der Waals surface area contributed by atoms with Gasteiger partial charge < -0.3 is 15.2 Å². The zero-order valence-corrected chi connectivity index (χ0v) is 9.81. The Kier molecular flexibility index (Phi) is 2.28. The number of anilines is 2. The van der Waals surface area contributed by atoms with Crippen LogP contribution in [0.3, 0.4) is 0 Å². The largest absolute Gasteiger partial charge is 0.374 e. The molecule has 0 atom stereocenters. The van der Waals surface area contributed by atoms with Gasteiger partial charge in [0.05, 0.1) is 11.8 Å². The minimum absolute atomic E-state index is 0.395. The van der Waals surface area contributed by atoms with Gasteiger partial charge in [-0.15, -0.1) is 0 Å². The van der Waals surface area contributed by atoms with E-state index in [-0.39, 0.29) is 0 Å². The molecule has 2 aromatic rings. The summed E-state index contributed by atoms with van der Waals surface area (Å²) in [6.07, 6.45) is 3.95. The van der Waals surface area contributed by atoms with E-state index in [1.165, 1.54) is 17.7 Å². The standard InChI is InChI=1S/C13H15N3O/c1-16-7-3-5-10-9(4-2-6-12(10)16)11-8-15-17-13(11)14/h2,4,6,8H,3,5,7,14H2,1H3. The molecule has 2 heterocycles. The average molecular weight is 229 g/mol. The molecule has 1 aliphatic rings. The topological polar surface area (TPSA) is 55.3 Å². The molecule has 0 radical (unpaired) electrons. The molecular weight excluding hydrogens is 214 g/mol. The van der Waals surface area contributed by atoms with Crippen LogP contribution in [0.1, 0.15) is 12.0 Å². The van der Waals surface area contributed by atoms with Crippen molar-refractivity contribution in [3.8, 4) is 11.1 Å². The summed E-state index contributed by atoms with van der Waals surface area (Å²) in [5, 5.41) is 3.75. The molecule has 1 aliphatic heterocycles. The number of benzene rings is 1. The van der Waals surface area contributed by atoms with Crippen LogP contribution in [0.2, 0.25) is 0 Å². The number of nitrogen functional groups attached to an aromatic ring is 1. The monoisotopic (exact) mass is 229 g/mol. The van der Waals surface area contributed by atoms with Crippen LogP contribution >= 0.6 is 0 Å². The van der Waals surface area contributed by atoms with Gasteiger partial charge in [0, 0.05) is 19.3 Å². The zero-order chi connectivity index (χ0) is 11.8. The Balaban J connectivity index is 2.19. The van der Waals surface area contributed by atoms with Gasteiger partial charge in [0.1, 0.15) is 0 Å². The van der Waals surface area contributed by atoms with Gasteiger partial charge in [-0.3, -0.25) is 0 Å². The summed E-state index contributed by atoms with van der Waals surface area (Å²) in [4.78, 5) is 2.28. The predicted octanol–water partition coefficient (Wildman–Crippen LogP) is 2.31. The van der Waals surface area contributed by atoms with E-state index in [9.17, 15) is 0 Å². The van der Waals surface area contributed by atoms with E-state index < -0.39 is 0 Å². The summed E-state index contributed by atoms with van der Waals surface area (Å²) >= 11 is 0. The van der Waals surface area contributed by atoms with Crippen molar-refractivity contribution in [1.82, 2.24) is 5.16 Å². The van der Waals surface area contributed by atoms with Crippen LogP contribution < -0.4 is 10.6 Å². The van der Waals surface area contributed by atoms with E-state index in [0.717, 1.165) is 24.1 Å². The maximum absolute atomic E-state index is 5.80. The van der Waals surface area contributed by atoms with Crippen molar-refractivity contribution in [1.29, 1.82) is 0 Å². The van der Waals surface area contributed by atoms with Crippen molar-refractivity contribution < 1.29 is 4.52 Å². The Bertz CT molecular complexity index is 547. The lowest BCUT2D eigenvalue weighted by Crippen LogP contribution is -2.24. The van der Waals surface area contributed by atoms with Crippen molar-refractivity contribution in [3.05, 3.63) is 30.0 Å². The number of nitrogens with zero attached hydrogens (tertiary/aromatic N) is 2. The normalized spacial score (nSPS) is 14.8. The molecule has 0 spiro atoms. The second-order valence-corrected chi connectivity index (χ2v) is 4.43. The van der Waals surface area contributed by atoms with Crippen molar-refractivity contribution in [2.45, 2.75) is 12.8 Å². The van der Waals surface area contributed by atoms with Gasteiger partial charge >= 0.3 is 0 Å². The van der Waals surface area contributed by atoms with E-state index in [4.69, 9.17) is 10.3 Å². The lowest BCUT2D eigenvalue weighted by Gasteiger charge is -2.28. The van der Waals surface area contributed by atoms with Crippen LogP contribution in [-0.2, 0) is 6.42 Å². The lowest BCUT2D eigenvalue weighted by molar-refractivity contribution is 0.436. The van der Waals surface area contributed by atoms with Crippen LogP contribution in [0, 0.1) is 0 Å². The maximum atomic E-state index is 5.80. The first kappa shape index (κ1) is 10.2. The molecule has 1 aromatic carbocycles. The molecule has 0 unspecified atom stereocenters. The summed E-state index contributed by atoms with van der Waals surface area (Å²) in [7, 11) is 2.12. The maximum Gasteiger partial charge on any atom is 0.229 e. The minimum Gasteiger partial charge on any atom is -0.374 e. The highest BCUT2D eigenvalue weighted by Crippen LogP contribution is 2.36. The molecule has 88 valence electrons. The van der Waals surface area contributed by atoms with Crippen LogP contribution in [0.5, 0.6) is 0 Å².